The fourth-order valence-corrected chi connectivity index (χ4v) is 1.74. The highest BCUT2D eigenvalue weighted by Crippen LogP contribution is 2.34. The number of hydrogen-bond acceptors (Lipinski definition) is 4. The lowest BCUT2D eigenvalue weighted by Gasteiger charge is -2.10. The Hall–Kier alpha value is -2.49. The van der Waals surface area contributed by atoms with Gasteiger partial charge in [0.25, 0.3) is 0 Å². The summed E-state index contributed by atoms with van der Waals surface area (Å²) in [7, 11) is 0. The van der Waals surface area contributed by atoms with E-state index in [4.69, 9.17) is 13.9 Å². The molecule has 0 atom stereocenters. The lowest BCUT2D eigenvalue weighted by Crippen LogP contribution is -1.99. The van der Waals surface area contributed by atoms with Gasteiger partial charge in [0.1, 0.15) is 18.8 Å². The molecule has 1 aromatic carbocycles. The molecule has 0 saturated heterocycles. The highest BCUT2D eigenvalue weighted by molar-refractivity contribution is 5.96. The molecular formula is C16H16O4. The number of rotatable bonds is 7. The summed E-state index contributed by atoms with van der Waals surface area (Å²) >= 11 is 0. The minimum atomic E-state index is -0.122. The van der Waals surface area contributed by atoms with Gasteiger partial charge in [-0.05, 0) is 12.1 Å². The Morgan fingerprint density at radius 3 is 2.30 bits per heavy atom. The summed E-state index contributed by atoms with van der Waals surface area (Å²) in [6, 6.07) is 5.19. The SMILES string of the molecule is C=CCOc1cc2cc(C(C)=O)oc2cc1OCC=C. The van der Waals surface area contributed by atoms with Crippen LogP contribution in [0.3, 0.4) is 0 Å². The van der Waals surface area contributed by atoms with E-state index in [0.717, 1.165) is 5.39 Å². The van der Waals surface area contributed by atoms with Crippen molar-refractivity contribution >= 4 is 16.8 Å². The summed E-state index contributed by atoms with van der Waals surface area (Å²) in [5.74, 6) is 1.32. The lowest BCUT2D eigenvalue weighted by atomic mass is 10.2. The number of carbonyl (C=O) groups is 1. The van der Waals surface area contributed by atoms with Crippen LogP contribution in [-0.4, -0.2) is 19.0 Å². The summed E-state index contributed by atoms with van der Waals surface area (Å²) in [6.07, 6.45) is 3.29. The molecule has 0 aliphatic heterocycles. The van der Waals surface area contributed by atoms with Gasteiger partial charge in [-0.2, -0.15) is 0 Å². The maximum absolute atomic E-state index is 11.3. The van der Waals surface area contributed by atoms with Crippen molar-refractivity contribution in [1.29, 1.82) is 0 Å². The predicted molar refractivity (Wildman–Crippen MR) is 77.6 cm³/mol. The Morgan fingerprint density at radius 1 is 1.15 bits per heavy atom. The zero-order valence-electron chi connectivity index (χ0n) is 11.3. The van der Waals surface area contributed by atoms with Crippen LogP contribution in [0.2, 0.25) is 0 Å². The third kappa shape index (κ3) is 2.91. The second-order valence-electron chi connectivity index (χ2n) is 4.20. The number of ether oxygens (including phenoxy) is 2. The number of furan rings is 1. The Bertz CT molecular complexity index is 603. The van der Waals surface area contributed by atoms with Crippen molar-refractivity contribution in [2.45, 2.75) is 6.92 Å². The Kier molecular flexibility index (Phi) is 4.25. The van der Waals surface area contributed by atoms with Crippen molar-refractivity contribution in [2.75, 3.05) is 13.2 Å². The second-order valence-corrected chi connectivity index (χ2v) is 4.20. The molecular weight excluding hydrogens is 256 g/mol. The van der Waals surface area contributed by atoms with Gasteiger partial charge in [-0.1, -0.05) is 25.3 Å². The van der Waals surface area contributed by atoms with Crippen molar-refractivity contribution in [1.82, 2.24) is 0 Å². The molecule has 20 heavy (non-hydrogen) atoms. The summed E-state index contributed by atoms with van der Waals surface area (Å²) in [5, 5.41) is 0.792. The molecule has 4 heteroatoms. The molecule has 1 heterocycles. The van der Waals surface area contributed by atoms with Crippen LogP contribution >= 0.6 is 0 Å². The number of benzene rings is 1. The molecule has 0 radical (unpaired) electrons. The largest absolute Gasteiger partial charge is 0.486 e. The molecule has 0 bridgehead atoms. The van der Waals surface area contributed by atoms with E-state index in [-0.39, 0.29) is 5.78 Å². The van der Waals surface area contributed by atoms with Crippen molar-refractivity contribution in [3.05, 3.63) is 49.3 Å². The zero-order valence-corrected chi connectivity index (χ0v) is 11.3. The molecule has 0 spiro atoms. The molecule has 2 aromatic rings. The second kappa shape index (κ2) is 6.10. The van der Waals surface area contributed by atoms with E-state index >= 15 is 0 Å². The first kappa shape index (κ1) is 13.9. The van der Waals surface area contributed by atoms with E-state index in [1.54, 1.807) is 30.4 Å². The van der Waals surface area contributed by atoms with Gasteiger partial charge >= 0.3 is 0 Å². The van der Waals surface area contributed by atoms with Crippen LogP contribution < -0.4 is 9.47 Å². The van der Waals surface area contributed by atoms with Crippen LogP contribution in [0, 0.1) is 0 Å². The summed E-state index contributed by atoms with van der Waals surface area (Å²) < 4.78 is 16.6. The zero-order chi connectivity index (χ0) is 14.5. The van der Waals surface area contributed by atoms with Gasteiger partial charge in [-0.25, -0.2) is 0 Å². The fourth-order valence-electron chi connectivity index (χ4n) is 1.74. The van der Waals surface area contributed by atoms with Crippen molar-refractivity contribution in [2.24, 2.45) is 0 Å². The first-order valence-electron chi connectivity index (χ1n) is 6.21. The minimum absolute atomic E-state index is 0.122. The van der Waals surface area contributed by atoms with Gasteiger partial charge in [0.15, 0.2) is 23.0 Å². The Balaban J connectivity index is 2.45. The average Bonchev–Trinajstić information content (AvgIpc) is 2.85. The predicted octanol–water partition coefficient (Wildman–Crippen LogP) is 3.77. The monoisotopic (exact) mass is 272 g/mol. The van der Waals surface area contributed by atoms with Gasteiger partial charge in [0.05, 0.1) is 0 Å². The molecule has 0 amide bonds. The smallest absolute Gasteiger partial charge is 0.194 e. The summed E-state index contributed by atoms with van der Waals surface area (Å²) in [5.41, 5.74) is 0.584. The van der Waals surface area contributed by atoms with Crippen LogP contribution in [0.25, 0.3) is 11.0 Å². The molecule has 2 rings (SSSR count). The van der Waals surface area contributed by atoms with E-state index in [0.29, 0.717) is 36.1 Å². The van der Waals surface area contributed by atoms with Crippen LogP contribution in [0.15, 0.2) is 47.9 Å². The molecule has 0 aliphatic carbocycles. The number of hydrogen-bond donors (Lipinski definition) is 0. The first-order valence-corrected chi connectivity index (χ1v) is 6.21. The van der Waals surface area contributed by atoms with E-state index in [1.807, 2.05) is 0 Å². The van der Waals surface area contributed by atoms with Crippen LogP contribution in [0.1, 0.15) is 17.5 Å². The van der Waals surface area contributed by atoms with Crippen LogP contribution in [0.4, 0.5) is 0 Å². The van der Waals surface area contributed by atoms with E-state index in [1.165, 1.54) is 6.92 Å². The minimum Gasteiger partial charge on any atom is -0.486 e. The number of ketones is 1. The maximum atomic E-state index is 11.3. The molecule has 1 aromatic heterocycles. The number of fused-ring (bicyclic) bond motifs is 1. The Morgan fingerprint density at radius 2 is 1.75 bits per heavy atom. The first-order chi connectivity index (χ1) is 9.65. The summed E-state index contributed by atoms with van der Waals surface area (Å²) in [6.45, 7) is 9.41. The van der Waals surface area contributed by atoms with Crippen LogP contribution in [0.5, 0.6) is 11.5 Å². The topological polar surface area (TPSA) is 48.7 Å². The lowest BCUT2D eigenvalue weighted by molar-refractivity contribution is 0.0989. The van der Waals surface area contributed by atoms with E-state index in [9.17, 15) is 4.79 Å². The normalized spacial score (nSPS) is 10.2. The van der Waals surface area contributed by atoms with E-state index < -0.39 is 0 Å². The van der Waals surface area contributed by atoms with Crippen molar-refractivity contribution in [3.63, 3.8) is 0 Å². The molecule has 0 saturated carbocycles. The van der Waals surface area contributed by atoms with Crippen molar-refractivity contribution in [3.8, 4) is 11.5 Å². The van der Waals surface area contributed by atoms with E-state index in [2.05, 4.69) is 13.2 Å². The van der Waals surface area contributed by atoms with Gasteiger partial charge in [0, 0.05) is 18.4 Å². The molecule has 0 unspecified atom stereocenters. The maximum Gasteiger partial charge on any atom is 0.194 e. The molecule has 104 valence electrons. The number of Topliss-reactive ketones (excluding diaryl/α,β-unsaturated/α-hetero) is 1. The summed E-state index contributed by atoms with van der Waals surface area (Å²) in [4.78, 5) is 11.3. The standard InChI is InChI=1S/C16H16O4/c1-4-6-18-15-9-12-8-13(11(3)17)20-14(12)10-16(15)19-7-5-2/h4-5,8-10H,1-2,6-7H2,3H3. The molecule has 0 N–H and O–H groups in total. The fraction of sp³-hybridized carbons (Fsp3) is 0.188. The highest BCUT2D eigenvalue weighted by atomic mass is 16.5. The van der Waals surface area contributed by atoms with Crippen LogP contribution in [-0.2, 0) is 0 Å². The number of carbonyl (C=O) groups excluding carboxylic acids is 1. The third-order valence-corrected chi connectivity index (χ3v) is 2.64. The van der Waals surface area contributed by atoms with Crippen molar-refractivity contribution < 1.29 is 18.7 Å². The quantitative estimate of drug-likeness (QED) is 0.568. The van der Waals surface area contributed by atoms with Gasteiger partial charge in [-0.15, -0.1) is 0 Å². The average molecular weight is 272 g/mol. The van der Waals surface area contributed by atoms with Gasteiger partial charge in [-0.3, -0.25) is 4.79 Å². The molecule has 4 nitrogen and oxygen atoms in total. The highest BCUT2D eigenvalue weighted by Gasteiger charge is 2.13. The molecule has 0 fully saturated rings. The molecule has 0 aliphatic rings. The Labute approximate surface area is 117 Å². The van der Waals surface area contributed by atoms with Gasteiger partial charge in [0.2, 0.25) is 0 Å². The third-order valence-electron chi connectivity index (χ3n) is 2.64. The van der Waals surface area contributed by atoms with Gasteiger partial charge < -0.3 is 13.9 Å².